The molecule has 0 atom stereocenters. The van der Waals surface area contributed by atoms with Gasteiger partial charge in [-0.05, 0) is 18.2 Å². The molecule has 3 heteroatoms. The Bertz CT molecular complexity index is 794. The second-order valence-corrected chi connectivity index (χ2v) is 4.06. The molecule has 4 rings (SSSR count). The van der Waals surface area contributed by atoms with E-state index in [0.717, 1.165) is 11.2 Å². The maximum absolute atomic E-state index is 4.41. The number of nitrogens with zero attached hydrogens (tertiary/aromatic N) is 3. The summed E-state index contributed by atoms with van der Waals surface area (Å²) in [6.45, 7) is 0. The fourth-order valence-electron chi connectivity index (χ4n) is 2.43. The molecule has 3 heterocycles. The summed E-state index contributed by atoms with van der Waals surface area (Å²) < 4.78 is 2.10. The Morgan fingerprint density at radius 2 is 1.94 bits per heavy atom. The van der Waals surface area contributed by atoms with E-state index in [1.807, 2.05) is 24.7 Å². The van der Waals surface area contributed by atoms with Crippen molar-refractivity contribution in [2.75, 3.05) is 0 Å². The number of hydrogen-bond donors (Lipinski definition) is 0. The Hall–Kier alpha value is -2.42. The number of pyridine rings is 1. The number of rotatable bonds is 0. The summed E-state index contributed by atoms with van der Waals surface area (Å²) in [6, 6.07) is 10.4. The van der Waals surface area contributed by atoms with Crippen LogP contribution in [0.2, 0.25) is 0 Å². The molecule has 0 saturated heterocycles. The van der Waals surface area contributed by atoms with Crippen LogP contribution in [0.1, 0.15) is 5.69 Å². The number of aliphatic imine (C=N–C) groups is 1. The van der Waals surface area contributed by atoms with Crippen molar-refractivity contribution in [3.8, 4) is 0 Å². The van der Waals surface area contributed by atoms with Crippen LogP contribution in [0.5, 0.6) is 0 Å². The summed E-state index contributed by atoms with van der Waals surface area (Å²) in [5.41, 5.74) is 3.27. The van der Waals surface area contributed by atoms with E-state index in [4.69, 9.17) is 0 Å². The molecule has 0 bridgehead atoms. The summed E-state index contributed by atoms with van der Waals surface area (Å²) in [6.07, 6.45) is 7.42. The zero-order valence-electron chi connectivity index (χ0n) is 9.04. The zero-order valence-corrected chi connectivity index (χ0v) is 9.04. The van der Waals surface area contributed by atoms with E-state index in [1.54, 1.807) is 6.20 Å². The third kappa shape index (κ3) is 1.05. The molecule has 1 aromatic carbocycles. The van der Waals surface area contributed by atoms with Crippen LogP contribution in [0.25, 0.3) is 27.9 Å². The Morgan fingerprint density at radius 1 is 1.00 bits per heavy atom. The van der Waals surface area contributed by atoms with Crippen molar-refractivity contribution in [2.24, 2.45) is 4.99 Å². The molecule has 0 spiro atoms. The molecule has 3 nitrogen and oxygen atoms in total. The summed E-state index contributed by atoms with van der Waals surface area (Å²) in [5, 5.41) is 2.47. The lowest BCUT2D eigenvalue weighted by Gasteiger charge is -1.99. The van der Waals surface area contributed by atoms with E-state index in [2.05, 4.69) is 38.8 Å². The van der Waals surface area contributed by atoms with Gasteiger partial charge in [0.1, 0.15) is 0 Å². The highest BCUT2D eigenvalue weighted by atomic mass is 15.0. The minimum Gasteiger partial charge on any atom is -0.298 e. The van der Waals surface area contributed by atoms with Gasteiger partial charge in [0.25, 0.3) is 0 Å². The Morgan fingerprint density at radius 3 is 2.94 bits per heavy atom. The molecule has 1 aliphatic heterocycles. The number of benzene rings is 1. The predicted octanol–water partition coefficient (Wildman–Crippen LogP) is 3.05. The smallest absolute Gasteiger partial charge is 0.0996 e. The lowest BCUT2D eigenvalue weighted by atomic mass is 10.1. The lowest BCUT2D eigenvalue weighted by molar-refractivity contribution is 1.26. The van der Waals surface area contributed by atoms with Crippen molar-refractivity contribution in [3.05, 3.63) is 48.4 Å². The first-order valence-electron chi connectivity index (χ1n) is 5.52. The summed E-state index contributed by atoms with van der Waals surface area (Å²) in [7, 11) is 0. The molecule has 80 valence electrons. The SMILES string of the molecule is C1=Cc2nccc3c4ccccc4n(c23)C=N1. The molecular formula is C14H9N3. The van der Waals surface area contributed by atoms with E-state index in [1.165, 1.54) is 16.3 Å². The minimum absolute atomic E-state index is 0.969. The summed E-state index contributed by atoms with van der Waals surface area (Å²) in [5.74, 6) is 0. The number of fused-ring (bicyclic) bond motifs is 3. The summed E-state index contributed by atoms with van der Waals surface area (Å²) >= 11 is 0. The van der Waals surface area contributed by atoms with Gasteiger partial charge in [0.15, 0.2) is 0 Å². The van der Waals surface area contributed by atoms with Crippen molar-refractivity contribution in [1.82, 2.24) is 9.55 Å². The van der Waals surface area contributed by atoms with Crippen LogP contribution in [-0.4, -0.2) is 15.9 Å². The second-order valence-electron chi connectivity index (χ2n) is 4.06. The highest BCUT2D eigenvalue weighted by molar-refractivity contribution is 6.13. The molecule has 3 aromatic rings. The van der Waals surface area contributed by atoms with Gasteiger partial charge in [-0.25, -0.2) is 4.99 Å². The van der Waals surface area contributed by atoms with Gasteiger partial charge < -0.3 is 0 Å². The molecule has 0 aliphatic carbocycles. The Kier molecular flexibility index (Phi) is 1.56. The first-order valence-corrected chi connectivity index (χ1v) is 5.52. The first-order chi connectivity index (χ1) is 8.45. The van der Waals surface area contributed by atoms with E-state index >= 15 is 0 Å². The molecule has 0 saturated carbocycles. The van der Waals surface area contributed by atoms with Gasteiger partial charge in [0.2, 0.25) is 0 Å². The largest absolute Gasteiger partial charge is 0.298 e. The standard InChI is InChI=1S/C14H9N3/c1-2-4-13-10(3-1)11-5-8-16-12-6-7-15-9-17(13)14(11)12/h1-9H. The fraction of sp³-hybridized carbons (Fsp3) is 0. The van der Waals surface area contributed by atoms with Crippen LogP contribution in [-0.2, 0) is 0 Å². The average molecular weight is 219 g/mol. The number of aromatic nitrogens is 2. The van der Waals surface area contributed by atoms with E-state index in [0.29, 0.717) is 0 Å². The van der Waals surface area contributed by atoms with E-state index in [-0.39, 0.29) is 0 Å². The van der Waals surface area contributed by atoms with Crippen molar-refractivity contribution in [2.45, 2.75) is 0 Å². The lowest BCUT2D eigenvalue weighted by Crippen LogP contribution is -1.95. The van der Waals surface area contributed by atoms with Gasteiger partial charge in [0, 0.05) is 23.2 Å². The highest BCUT2D eigenvalue weighted by Gasteiger charge is 2.12. The molecule has 0 unspecified atom stereocenters. The number of hydrogen-bond acceptors (Lipinski definition) is 2. The third-order valence-corrected chi connectivity index (χ3v) is 3.15. The van der Waals surface area contributed by atoms with Crippen LogP contribution < -0.4 is 0 Å². The molecule has 0 N–H and O–H groups in total. The van der Waals surface area contributed by atoms with Gasteiger partial charge in [-0.1, -0.05) is 18.2 Å². The molecule has 2 aromatic heterocycles. The Labute approximate surface area is 97.7 Å². The number of para-hydroxylation sites is 1. The maximum atomic E-state index is 4.41. The Balaban J connectivity index is 2.39. The normalized spacial score (nSPS) is 13.4. The van der Waals surface area contributed by atoms with Crippen molar-refractivity contribution < 1.29 is 0 Å². The van der Waals surface area contributed by atoms with Gasteiger partial charge in [-0.2, -0.15) is 0 Å². The van der Waals surface area contributed by atoms with Gasteiger partial charge in [-0.15, -0.1) is 0 Å². The molecular weight excluding hydrogens is 210 g/mol. The summed E-state index contributed by atoms with van der Waals surface area (Å²) in [4.78, 5) is 8.66. The molecule has 0 fully saturated rings. The molecule has 0 amide bonds. The molecule has 1 aliphatic rings. The fourth-order valence-corrected chi connectivity index (χ4v) is 2.43. The van der Waals surface area contributed by atoms with Crippen LogP contribution in [0.15, 0.2) is 47.7 Å². The monoisotopic (exact) mass is 219 g/mol. The first kappa shape index (κ1) is 8.70. The van der Waals surface area contributed by atoms with Crippen LogP contribution in [0.3, 0.4) is 0 Å². The van der Waals surface area contributed by atoms with Crippen LogP contribution in [0, 0.1) is 0 Å². The molecule has 17 heavy (non-hydrogen) atoms. The highest BCUT2D eigenvalue weighted by Crippen LogP contribution is 2.30. The zero-order chi connectivity index (χ0) is 11.2. The van der Waals surface area contributed by atoms with Gasteiger partial charge in [0.05, 0.1) is 23.1 Å². The molecule has 0 radical (unpaired) electrons. The van der Waals surface area contributed by atoms with Gasteiger partial charge in [-0.3, -0.25) is 9.55 Å². The topological polar surface area (TPSA) is 30.2 Å². The maximum Gasteiger partial charge on any atom is 0.0996 e. The van der Waals surface area contributed by atoms with Crippen molar-refractivity contribution in [3.63, 3.8) is 0 Å². The van der Waals surface area contributed by atoms with E-state index < -0.39 is 0 Å². The van der Waals surface area contributed by atoms with Crippen molar-refractivity contribution in [1.29, 1.82) is 0 Å². The van der Waals surface area contributed by atoms with Gasteiger partial charge >= 0.3 is 0 Å². The van der Waals surface area contributed by atoms with Crippen molar-refractivity contribution >= 4 is 34.2 Å². The van der Waals surface area contributed by atoms with E-state index in [9.17, 15) is 0 Å². The van der Waals surface area contributed by atoms with Crippen LogP contribution in [0.4, 0.5) is 0 Å². The second kappa shape index (κ2) is 3.04. The third-order valence-electron chi connectivity index (χ3n) is 3.15. The predicted molar refractivity (Wildman–Crippen MR) is 70.2 cm³/mol. The minimum atomic E-state index is 0.969. The average Bonchev–Trinajstić information content (AvgIpc) is 2.56. The quantitative estimate of drug-likeness (QED) is 0.571. The van der Waals surface area contributed by atoms with Crippen LogP contribution >= 0.6 is 0 Å².